The molecule has 2 aliphatic rings. The van der Waals surface area contributed by atoms with Gasteiger partial charge in [0.15, 0.2) is 6.10 Å². The van der Waals surface area contributed by atoms with Crippen LogP contribution in [0.1, 0.15) is 64.4 Å². The highest BCUT2D eigenvalue weighted by atomic mass is 16.5. The maximum Gasteiger partial charge on any atom is 0.339 e. The van der Waals surface area contributed by atoms with E-state index in [-0.39, 0.29) is 29.4 Å². The molecule has 1 aromatic heterocycles. The summed E-state index contributed by atoms with van der Waals surface area (Å²) in [5.41, 5.74) is 5.19. The second kappa shape index (κ2) is 11.0. The molecular weight excluding hydrogens is 528 g/mol. The molecule has 1 aliphatic heterocycles. The van der Waals surface area contributed by atoms with Crippen LogP contribution in [0.15, 0.2) is 72.8 Å². The summed E-state index contributed by atoms with van der Waals surface area (Å²) in [6.07, 6.45) is 2.50. The molecule has 6 rings (SSSR count). The van der Waals surface area contributed by atoms with E-state index >= 15 is 0 Å². The molecule has 3 atom stereocenters. The highest BCUT2D eigenvalue weighted by Crippen LogP contribution is 2.40. The SMILES string of the molecule is Cc1ccc(C(=O)[C@H](C)OC(=O)c2cc(-c3ccc(N4C(=O)[C@H]5CCCC[C@@H]5C4=O)cc3)nc3ccc(C)cc23)cc1. The van der Waals surface area contributed by atoms with E-state index in [1.165, 1.54) is 4.90 Å². The van der Waals surface area contributed by atoms with Crippen molar-refractivity contribution in [2.24, 2.45) is 11.8 Å². The van der Waals surface area contributed by atoms with E-state index in [2.05, 4.69) is 0 Å². The molecule has 0 spiro atoms. The first-order valence-electron chi connectivity index (χ1n) is 14.4. The lowest BCUT2D eigenvalue weighted by Crippen LogP contribution is -2.30. The molecule has 212 valence electrons. The van der Waals surface area contributed by atoms with E-state index in [0.717, 1.165) is 42.4 Å². The first-order chi connectivity index (χ1) is 20.2. The molecule has 2 amide bonds. The van der Waals surface area contributed by atoms with Crippen LogP contribution >= 0.6 is 0 Å². The van der Waals surface area contributed by atoms with Crippen molar-refractivity contribution in [1.82, 2.24) is 4.98 Å². The molecule has 1 aliphatic carbocycles. The number of ether oxygens (including phenoxy) is 1. The van der Waals surface area contributed by atoms with Crippen LogP contribution in [-0.4, -0.2) is 34.7 Å². The molecule has 42 heavy (non-hydrogen) atoms. The number of aryl methyl sites for hydroxylation is 2. The fraction of sp³-hybridized carbons (Fsp3) is 0.286. The quantitative estimate of drug-likeness (QED) is 0.149. The van der Waals surface area contributed by atoms with Crippen molar-refractivity contribution in [3.63, 3.8) is 0 Å². The van der Waals surface area contributed by atoms with Crippen molar-refractivity contribution in [3.8, 4) is 11.3 Å². The molecule has 1 saturated heterocycles. The van der Waals surface area contributed by atoms with Crippen LogP contribution in [-0.2, 0) is 14.3 Å². The van der Waals surface area contributed by atoms with Gasteiger partial charge in [0, 0.05) is 16.5 Å². The summed E-state index contributed by atoms with van der Waals surface area (Å²) in [6.45, 7) is 5.45. The van der Waals surface area contributed by atoms with Crippen molar-refractivity contribution < 1.29 is 23.9 Å². The molecule has 7 nitrogen and oxygen atoms in total. The summed E-state index contributed by atoms with van der Waals surface area (Å²) in [6, 6.07) is 21.6. The number of Topliss-reactive ketones (excluding diaryl/α,β-unsaturated/α-hetero) is 1. The number of benzene rings is 3. The Hall–Kier alpha value is -4.65. The number of pyridine rings is 1. The molecule has 0 N–H and O–H groups in total. The van der Waals surface area contributed by atoms with Crippen molar-refractivity contribution in [2.45, 2.75) is 52.6 Å². The minimum absolute atomic E-state index is 0.115. The maximum absolute atomic E-state index is 13.5. The number of imide groups is 1. The van der Waals surface area contributed by atoms with E-state index < -0.39 is 12.1 Å². The Bertz CT molecular complexity index is 1700. The second-order valence-corrected chi connectivity index (χ2v) is 11.4. The van der Waals surface area contributed by atoms with Crippen molar-refractivity contribution in [1.29, 1.82) is 0 Å². The van der Waals surface area contributed by atoms with Crippen LogP contribution in [0.4, 0.5) is 5.69 Å². The predicted molar refractivity (Wildman–Crippen MR) is 160 cm³/mol. The number of amides is 2. The maximum atomic E-state index is 13.5. The molecule has 0 bridgehead atoms. The number of ketones is 1. The number of esters is 1. The van der Waals surface area contributed by atoms with Gasteiger partial charge < -0.3 is 4.74 Å². The average Bonchev–Trinajstić information content (AvgIpc) is 3.26. The summed E-state index contributed by atoms with van der Waals surface area (Å²) >= 11 is 0. The third kappa shape index (κ3) is 5.00. The number of carbonyl (C=O) groups is 4. The molecule has 2 fully saturated rings. The lowest BCUT2D eigenvalue weighted by Gasteiger charge is -2.19. The third-order valence-corrected chi connectivity index (χ3v) is 8.44. The number of hydrogen-bond donors (Lipinski definition) is 0. The van der Waals surface area contributed by atoms with Gasteiger partial charge in [-0.2, -0.15) is 0 Å². The minimum Gasteiger partial charge on any atom is -0.451 e. The molecule has 3 aromatic carbocycles. The van der Waals surface area contributed by atoms with Crippen LogP contribution in [0, 0.1) is 25.7 Å². The van der Waals surface area contributed by atoms with Crippen molar-refractivity contribution in [3.05, 3.63) is 95.1 Å². The van der Waals surface area contributed by atoms with Gasteiger partial charge in [0.1, 0.15) is 0 Å². The van der Waals surface area contributed by atoms with Crippen LogP contribution in [0.5, 0.6) is 0 Å². The van der Waals surface area contributed by atoms with E-state index in [4.69, 9.17) is 9.72 Å². The van der Waals surface area contributed by atoms with E-state index in [1.54, 1.807) is 49.4 Å². The largest absolute Gasteiger partial charge is 0.451 e. The molecular formula is C35H32N2O5. The van der Waals surface area contributed by atoms with Crippen LogP contribution in [0.3, 0.4) is 0 Å². The Morgan fingerprint density at radius 2 is 1.45 bits per heavy atom. The van der Waals surface area contributed by atoms with Crippen LogP contribution < -0.4 is 4.90 Å². The fourth-order valence-electron chi connectivity index (χ4n) is 6.08. The summed E-state index contributed by atoms with van der Waals surface area (Å²) in [7, 11) is 0. The Balaban J connectivity index is 1.30. The lowest BCUT2D eigenvalue weighted by atomic mass is 9.81. The van der Waals surface area contributed by atoms with E-state index in [0.29, 0.717) is 33.4 Å². The monoisotopic (exact) mass is 560 g/mol. The summed E-state index contributed by atoms with van der Waals surface area (Å²) in [5, 5.41) is 0.631. The Morgan fingerprint density at radius 3 is 2.10 bits per heavy atom. The number of aromatic nitrogens is 1. The Kier molecular flexibility index (Phi) is 7.19. The highest BCUT2D eigenvalue weighted by Gasteiger charge is 2.48. The van der Waals surface area contributed by atoms with Gasteiger partial charge in [-0.15, -0.1) is 0 Å². The number of hydrogen-bond acceptors (Lipinski definition) is 6. The number of nitrogens with zero attached hydrogens (tertiary/aromatic N) is 2. The standard InChI is InChI=1S/C35H32N2O5/c1-20-8-11-24(12-9-20)32(38)22(3)42-35(41)29-19-31(36-30-17-10-21(2)18-28(29)30)23-13-15-25(16-14-23)37-33(39)26-6-4-5-7-27(26)34(37)40/h8-19,22,26-27H,4-7H2,1-3H3/t22-,26-,27-/m0/s1. The molecule has 1 saturated carbocycles. The summed E-state index contributed by atoms with van der Waals surface area (Å²) in [5.74, 6) is -1.56. The minimum atomic E-state index is -0.977. The second-order valence-electron chi connectivity index (χ2n) is 11.4. The number of carbonyl (C=O) groups excluding carboxylic acids is 4. The van der Waals surface area contributed by atoms with Gasteiger partial charge in [-0.25, -0.2) is 9.78 Å². The van der Waals surface area contributed by atoms with Crippen molar-refractivity contribution >= 4 is 40.2 Å². The Morgan fingerprint density at radius 1 is 0.833 bits per heavy atom. The predicted octanol–water partition coefficient (Wildman–Crippen LogP) is 6.63. The molecule has 7 heteroatoms. The van der Waals surface area contributed by atoms with Gasteiger partial charge in [0.2, 0.25) is 17.6 Å². The normalized spacial score (nSPS) is 19.1. The fourth-order valence-corrected chi connectivity index (χ4v) is 6.08. The third-order valence-electron chi connectivity index (χ3n) is 8.44. The smallest absolute Gasteiger partial charge is 0.339 e. The number of rotatable bonds is 6. The first-order valence-corrected chi connectivity index (χ1v) is 14.4. The zero-order valence-electron chi connectivity index (χ0n) is 23.9. The van der Waals surface area contributed by atoms with Crippen molar-refractivity contribution in [2.75, 3.05) is 4.90 Å². The van der Waals surface area contributed by atoms with Gasteiger partial charge in [-0.05, 0) is 63.9 Å². The lowest BCUT2D eigenvalue weighted by molar-refractivity contribution is -0.122. The molecule has 0 radical (unpaired) electrons. The van der Waals surface area contributed by atoms with Gasteiger partial charge in [0.05, 0.1) is 34.3 Å². The summed E-state index contributed by atoms with van der Waals surface area (Å²) < 4.78 is 5.68. The average molecular weight is 561 g/mol. The molecule has 2 heterocycles. The Labute approximate surface area is 244 Å². The number of fused-ring (bicyclic) bond motifs is 2. The molecule has 0 unspecified atom stereocenters. The molecule has 4 aromatic rings. The van der Waals surface area contributed by atoms with Gasteiger partial charge in [-0.1, -0.05) is 66.4 Å². The number of anilines is 1. The van der Waals surface area contributed by atoms with Gasteiger partial charge in [-0.3, -0.25) is 19.3 Å². The zero-order chi connectivity index (χ0) is 29.5. The van der Waals surface area contributed by atoms with Crippen LogP contribution in [0.25, 0.3) is 22.2 Å². The van der Waals surface area contributed by atoms with E-state index in [1.807, 2.05) is 44.2 Å². The van der Waals surface area contributed by atoms with E-state index in [9.17, 15) is 19.2 Å². The first kappa shape index (κ1) is 27.5. The summed E-state index contributed by atoms with van der Waals surface area (Å²) in [4.78, 5) is 58.7. The highest BCUT2D eigenvalue weighted by molar-refractivity contribution is 6.22. The zero-order valence-corrected chi connectivity index (χ0v) is 23.9. The van der Waals surface area contributed by atoms with Gasteiger partial charge >= 0.3 is 5.97 Å². The topological polar surface area (TPSA) is 93.6 Å². The van der Waals surface area contributed by atoms with Gasteiger partial charge in [0.25, 0.3) is 0 Å². The van der Waals surface area contributed by atoms with Crippen LogP contribution in [0.2, 0.25) is 0 Å².